The largest absolute Gasteiger partial charge is 0.478 e. The van der Waals surface area contributed by atoms with Gasteiger partial charge < -0.3 is 10.0 Å². The zero-order chi connectivity index (χ0) is 14.0. The fourth-order valence-corrected chi connectivity index (χ4v) is 2.36. The van der Waals surface area contributed by atoms with E-state index in [0.29, 0.717) is 6.04 Å². The number of hydrogen-bond acceptors (Lipinski definition) is 2. The predicted molar refractivity (Wildman–Crippen MR) is 78.4 cm³/mol. The maximum atomic E-state index is 10.5. The van der Waals surface area contributed by atoms with Gasteiger partial charge in [0.15, 0.2) is 0 Å². The fourth-order valence-electron chi connectivity index (χ4n) is 2.36. The van der Waals surface area contributed by atoms with Crippen molar-refractivity contribution in [2.24, 2.45) is 5.92 Å². The molecule has 1 unspecified atom stereocenters. The Hall–Kier alpha value is -1.77. The molecule has 2 rings (SSSR count). The number of nitrogens with zero attached hydrogens (tertiary/aromatic N) is 1. The summed E-state index contributed by atoms with van der Waals surface area (Å²) in [6, 6.07) is 6.74. The summed E-state index contributed by atoms with van der Waals surface area (Å²) in [6.45, 7) is 4.28. The highest BCUT2D eigenvalue weighted by Crippen LogP contribution is 2.36. The Morgan fingerprint density at radius 2 is 2.16 bits per heavy atom. The van der Waals surface area contributed by atoms with Crippen molar-refractivity contribution < 1.29 is 9.90 Å². The fraction of sp³-hybridized carbons (Fsp3) is 0.438. The van der Waals surface area contributed by atoms with E-state index in [1.165, 1.54) is 24.6 Å². The van der Waals surface area contributed by atoms with Gasteiger partial charge in [0.05, 0.1) is 0 Å². The lowest BCUT2D eigenvalue weighted by molar-refractivity contribution is -0.131. The lowest BCUT2D eigenvalue weighted by Gasteiger charge is -2.27. The molecule has 1 fully saturated rings. The number of anilines is 1. The molecule has 0 aliphatic heterocycles. The average molecular weight is 259 g/mol. The molecule has 1 N–H and O–H groups in total. The van der Waals surface area contributed by atoms with Crippen molar-refractivity contribution in [2.75, 3.05) is 11.9 Å². The van der Waals surface area contributed by atoms with Gasteiger partial charge in [0.25, 0.3) is 0 Å². The summed E-state index contributed by atoms with van der Waals surface area (Å²) in [7, 11) is 2.13. The van der Waals surface area contributed by atoms with Crippen LogP contribution in [0.5, 0.6) is 0 Å². The Bertz CT molecular complexity index is 503. The van der Waals surface area contributed by atoms with Crippen molar-refractivity contribution in [3.8, 4) is 0 Å². The Balaban J connectivity index is 2.15. The molecule has 1 aliphatic carbocycles. The molecule has 0 saturated heterocycles. The second-order valence-corrected chi connectivity index (χ2v) is 5.40. The molecule has 0 heterocycles. The number of aliphatic carboxylic acids is 1. The van der Waals surface area contributed by atoms with Crippen LogP contribution in [0, 0.1) is 12.8 Å². The highest BCUT2D eigenvalue weighted by atomic mass is 16.4. The number of carboxylic acid groups (broad SMARTS) is 1. The number of hydrogen-bond donors (Lipinski definition) is 1. The molecule has 1 aliphatic rings. The van der Waals surface area contributed by atoms with Gasteiger partial charge >= 0.3 is 5.97 Å². The van der Waals surface area contributed by atoms with Crippen molar-refractivity contribution in [3.05, 3.63) is 35.4 Å². The van der Waals surface area contributed by atoms with E-state index in [2.05, 4.69) is 31.0 Å². The molecule has 3 heteroatoms. The number of carboxylic acids is 1. The molecule has 3 nitrogen and oxygen atoms in total. The van der Waals surface area contributed by atoms with Crippen LogP contribution in [0.2, 0.25) is 0 Å². The molecule has 0 bridgehead atoms. The van der Waals surface area contributed by atoms with Crippen LogP contribution < -0.4 is 4.90 Å². The van der Waals surface area contributed by atoms with Gasteiger partial charge in [0, 0.05) is 24.9 Å². The number of aryl methyl sites for hydroxylation is 1. The molecule has 0 radical (unpaired) electrons. The van der Waals surface area contributed by atoms with E-state index in [0.717, 1.165) is 17.0 Å². The van der Waals surface area contributed by atoms with Crippen LogP contribution in [0.1, 0.15) is 30.9 Å². The van der Waals surface area contributed by atoms with Gasteiger partial charge in [0.1, 0.15) is 0 Å². The van der Waals surface area contributed by atoms with E-state index in [9.17, 15) is 4.79 Å². The second-order valence-electron chi connectivity index (χ2n) is 5.40. The first-order valence-electron chi connectivity index (χ1n) is 6.73. The first-order chi connectivity index (χ1) is 8.99. The molecule has 1 saturated carbocycles. The summed E-state index contributed by atoms with van der Waals surface area (Å²) in [4.78, 5) is 12.9. The first kappa shape index (κ1) is 13.7. The molecule has 19 heavy (non-hydrogen) atoms. The maximum Gasteiger partial charge on any atom is 0.328 e. The van der Waals surface area contributed by atoms with E-state index in [1.54, 1.807) is 6.08 Å². The van der Waals surface area contributed by atoms with Crippen LogP contribution in [0.15, 0.2) is 24.3 Å². The van der Waals surface area contributed by atoms with E-state index < -0.39 is 5.97 Å². The molecular formula is C16H21NO2. The van der Waals surface area contributed by atoms with Crippen LogP contribution in [0.3, 0.4) is 0 Å². The van der Waals surface area contributed by atoms with E-state index in [4.69, 9.17) is 5.11 Å². The van der Waals surface area contributed by atoms with Crippen molar-refractivity contribution in [3.63, 3.8) is 0 Å². The zero-order valence-corrected chi connectivity index (χ0v) is 11.8. The normalized spacial score (nSPS) is 16.6. The average Bonchev–Trinajstić information content (AvgIpc) is 3.19. The summed E-state index contributed by atoms with van der Waals surface area (Å²) in [5.74, 6) is -0.0835. The minimum atomic E-state index is -0.914. The Morgan fingerprint density at radius 1 is 1.47 bits per heavy atom. The lowest BCUT2D eigenvalue weighted by Crippen LogP contribution is -2.30. The van der Waals surface area contributed by atoms with E-state index in [-0.39, 0.29) is 0 Å². The molecule has 0 aromatic heterocycles. The highest BCUT2D eigenvalue weighted by molar-refractivity contribution is 5.85. The molecule has 1 aromatic carbocycles. The third-order valence-electron chi connectivity index (χ3n) is 3.98. The van der Waals surface area contributed by atoms with Crippen LogP contribution in [0.4, 0.5) is 5.69 Å². The molecule has 0 amide bonds. The van der Waals surface area contributed by atoms with Crippen molar-refractivity contribution in [1.29, 1.82) is 0 Å². The van der Waals surface area contributed by atoms with E-state index >= 15 is 0 Å². The first-order valence-corrected chi connectivity index (χ1v) is 6.73. The maximum absolute atomic E-state index is 10.5. The van der Waals surface area contributed by atoms with Crippen LogP contribution >= 0.6 is 0 Å². The van der Waals surface area contributed by atoms with Gasteiger partial charge in [-0.15, -0.1) is 0 Å². The monoisotopic (exact) mass is 259 g/mol. The summed E-state index contributed by atoms with van der Waals surface area (Å²) in [6.07, 6.45) is 5.50. The van der Waals surface area contributed by atoms with Gasteiger partial charge in [-0.2, -0.15) is 0 Å². The lowest BCUT2D eigenvalue weighted by atomic mass is 10.1. The third-order valence-corrected chi connectivity index (χ3v) is 3.98. The molecule has 0 spiro atoms. The topological polar surface area (TPSA) is 40.5 Å². The van der Waals surface area contributed by atoms with Gasteiger partial charge in [-0.3, -0.25) is 0 Å². The summed E-state index contributed by atoms with van der Waals surface area (Å²) < 4.78 is 0. The quantitative estimate of drug-likeness (QED) is 0.825. The third kappa shape index (κ3) is 3.37. The SMILES string of the molecule is Cc1cc(N(C)C(C)C2CC2)ccc1C=CC(=O)O. The van der Waals surface area contributed by atoms with Gasteiger partial charge in [-0.1, -0.05) is 6.07 Å². The summed E-state index contributed by atoms with van der Waals surface area (Å²) in [5.41, 5.74) is 3.26. The Labute approximate surface area is 114 Å². The molecule has 1 aromatic rings. The predicted octanol–water partition coefficient (Wildman–Crippen LogP) is 3.33. The number of benzene rings is 1. The zero-order valence-electron chi connectivity index (χ0n) is 11.8. The van der Waals surface area contributed by atoms with Crippen molar-refractivity contribution in [1.82, 2.24) is 0 Å². The van der Waals surface area contributed by atoms with Crippen molar-refractivity contribution >= 4 is 17.7 Å². The van der Waals surface area contributed by atoms with Crippen LogP contribution in [-0.4, -0.2) is 24.2 Å². The standard InChI is InChI=1S/C16H21NO2/c1-11-10-15(17(3)12(2)14-4-5-14)8-6-13(11)7-9-16(18)19/h6-10,12,14H,4-5H2,1-3H3,(H,18,19). The minimum Gasteiger partial charge on any atom is -0.478 e. The molecule has 102 valence electrons. The highest BCUT2D eigenvalue weighted by Gasteiger charge is 2.30. The molecular weight excluding hydrogens is 238 g/mol. The molecule has 1 atom stereocenters. The summed E-state index contributed by atoms with van der Waals surface area (Å²) >= 11 is 0. The Morgan fingerprint density at radius 3 is 2.68 bits per heavy atom. The summed E-state index contributed by atoms with van der Waals surface area (Å²) in [5, 5.41) is 8.65. The van der Waals surface area contributed by atoms with Crippen molar-refractivity contribution in [2.45, 2.75) is 32.7 Å². The van der Waals surface area contributed by atoms with Crippen LogP contribution in [0.25, 0.3) is 6.08 Å². The minimum absolute atomic E-state index is 0.569. The van der Waals surface area contributed by atoms with Crippen LogP contribution in [-0.2, 0) is 4.79 Å². The van der Waals surface area contributed by atoms with E-state index in [1.807, 2.05) is 13.0 Å². The number of carbonyl (C=O) groups is 1. The van der Waals surface area contributed by atoms with Gasteiger partial charge in [0.2, 0.25) is 0 Å². The second kappa shape index (κ2) is 5.47. The number of rotatable bonds is 5. The Kier molecular flexibility index (Phi) is 3.93. The van der Waals surface area contributed by atoms with Gasteiger partial charge in [-0.05, 0) is 61.9 Å². The van der Waals surface area contributed by atoms with Gasteiger partial charge in [-0.25, -0.2) is 4.79 Å². The smallest absolute Gasteiger partial charge is 0.328 e.